The molecular weight excluding hydrogens is 270 g/mol. The number of H-pyrrole nitrogens is 1. The standard InChI is InChI=1S/C17H16ClNO/c1-9-6-12(7-10(2)17(9)20)16-11(3)14-5-4-13(18)8-15(14)19-16/h4-8,19-20H,1-3H3. The summed E-state index contributed by atoms with van der Waals surface area (Å²) in [5.41, 5.74) is 6.16. The molecule has 2 aromatic carbocycles. The smallest absolute Gasteiger partial charge is 0.121 e. The van der Waals surface area contributed by atoms with Crippen LogP contribution in [0.1, 0.15) is 16.7 Å². The number of aromatic hydroxyl groups is 1. The molecule has 0 spiro atoms. The third-order valence-electron chi connectivity index (χ3n) is 3.80. The molecule has 1 aromatic heterocycles. The zero-order valence-corrected chi connectivity index (χ0v) is 12.5. The number of aromatic amines is 1. The molecule has 0 atom stereocenters. The molecule has 1 heterocycles. The SMILES string of the molecule is Cc1cc(-c2[nH]c3cc(Cl)ccc3c2C)cc(C)c1O. The predicted molar refractivity (Wildman–Crippen MR) is 84.6 cm³/mol. The Balaban J connectivity index is 2.27. The predicted octanol–water partition coefficient (Wildman–Crippen LogP) is 5.12. The molecule has 0 fully saturated rings. The monoisotopic (exact) mass is 285 g/mol. The number of phenolic OH excluding ortho intramolecular Hbond substituents is 1. The van der Waals surface area contributed by atoms with Crippen molar-refractivity contribution in [3.8, 4) is 17.0 Å². The van der Waals surface area contributed by atoms with E-state index in [2.05, 4.69) is 11.9 Å². The van der Waals surface area contributed by atoms with Crippen LogP contribution in [0.2, 0.25) is 5.02 Å². The molecule has 3 rings (SSSR count). The van der Waals surface area contributed by atoms with E-state index in [1.165, 1.54) is 10.9 Å². The lowest BCUT2D eigenvalue weighted by Gasteiger charge is -2.07. The molecule has 102 valence electrons. The van der Waals surface area contributed by atoms with Gasteiger partial charge in [0.1, 0.15) is 5.75 Å². The summed E-state index contributed by atoms with van der Waals surface area (Å²) in [4.78, 5) is 3.43. The van der Waals surface area contributed by atoms with E-state index < -0.39 is 0 Å². The number of benzene rings is 2. The van der Waals surface area contributed by atoms with E-state index in [0.717, 1.165) is 32.9 Å². The van der Waals surface area contributed by atoms with Crippen LogP contribution in [0, 0.1) is 20.8 Å². The highest BCUT2D eigenvalue weighted by Gasteiger charge is 2.12. The van der Waals surface area contributed by atoms with Gasteiger partial charge in [-0.25, -0.2) is 0 Å². The van der Waals surface area contributed by atoms with E-state index in [9.17, 15) is 5.11 Å². The molecule has 0 unspecified atom stereocenters. The highest BCUT2D eigenvalue weighted by Crippen LogP contribution is 2.34. The Morgan fingerprint density at radius 1 is 1.00 bits per heavy atom. The number of rotatable bonds is 1. The third kappa shape index (κ3) is 1.97. The van der Waals surface area contributed by atoms with Crippen molar-refractivity contribution in [2.45, 2.75) is 20.8 Å². The van der Waals surface area contributed by atoms with Crippen molar-refractivity contribution >= 4 is 22.5 Å². The zero-order valence-electron chi connectivity index (χ0n) is 11.7. The van der Waals surface area contributed by atoms with Crippen molar-refractivity contribution in [3.05, 3.63) is 52.0 Å². The van der Waals surface area contributed by atoms with Gasteiger partial charge in [-0.15, -0.1) is 0 Å². The normalized spacial score (nSPS) is 11.2. The Hall–Kier alpha value is -1.93. The van der Waals surface area contributed by atoms with E-state index in [1.807, 2.05) is 44.2 Å². The quantitative estimate of drug-likeness (QED) is 0.639. The minimum atomic E-state index is 0.366. The van der Waals surface area contributed by atoms with Gasteiger partial charge < -0.3 is 10.1 Å². The van der Waals surface area contributed by atoms with Gasteiger partial charge in [-0.2, -0.15) is 0 Å². The molecule has 3 aromatic rings. The molecule has 3 heteroatoms. The lowest BCUT2D eigenvalue weighted by Crippen LogP contribution is -1.86. The van der Waals surface area contributed by atoms with E-state index in [-0.39, 0.29) is 0 Å². The number of aryl methyl sites for hydroxylation is 3. The molecule has 0 saturated heterocycles. The summed E-state index contributed by atoms with van der Waals surface area (Å²) >= 11 is 6.04. The Labute approximate surface area is 123 Å². The van der Waals surface area contributed by atoms with Crippen LogP contribution in [0.3, 0.4) is 0 Å². The fourth-order valence-electron chi connectivity index (χ4n) is 2.70. The Bertz CT molecular complexity index is 794. The van der Waals surface area contributed by atoms with E-state index >= 15 is 0 Å². The number of nitrogens with one attached hydrogen (secondary N) is 1. The lowest BCUT2D eigenvalue weighted by atomic mass is 10.0. The van der Waals surface area contributed by atoms with Crippen molar-refractivity contribution in [2.24, 2.45) is 0 Å². The Morgan fingerprint density at radius 2 is 1.65 bits per heavy atom. The molecule has 0 bridgehead atoms. The molecule has 0 amide bonds. The van der Waals surface area contributed by atoms with Crippen molar-refractivity contribution in [1.82, 2.24) is 4.98 Å². The minimum absolute atomic E-state index is 0.366. The fraction of sp³-hybridized carbons (Fsp3) is 0.176. The summed E-state index contributed by atoms with van der Waals surface area (Å²) in [6.07, 6.45) is 0. The first-order chi connectivity index (χ1) is 9.47. The number of hydrogen-bond acceptors (Lipinski definition) is 1. The average molecular weight is 286 g/mol. The first kappa shape index (κ1) is 13.1. The number of phenols is 1. The third-order valence-corrected chi connectivity index (χ3v) is 4.04. The highest BCUT2D eigenvalue weighted by atomic mass is 35.5. The first-order valence-electron chi connectivity index (χ1n) is 6.56. The molecule has 0 aliphatic heterocycles. The number of aromatic nitrogens is 1. The van der Waals surface area contributed by atoms with Crippen LogP contribution in [0.25, 0.3) is 22.2 Å². The van der Waals surface area contributed by atoms with Crippen LogP contribution in [-0.2, 0) is 0 Å². The second kappa shape index (κ2) is 4.57. The van der Waals surface area contributed by atoms with Gasteiger partial charge >= 0.3 is 0 Å². The second-order valence-corrected chi connectivity index (χ2v) is 5.71. The van der Waals surface area contributed by atoms with Gasteiger partial charge in [-0.05, 0) is 67.3 Å². The summed E-state index contributed by atoms with van der Waals surface area (Å²) < 4.78 is 0. The molecule has 2 N–H and O–H groups in total. The zero-order chi connectivity index (χ0) is 14.4. The van der Waals surface area contributed by atoms with Gasteiger partial charge in [-0.3, -0.25) is 0 Å². The van der Waals surface area contributed by atoms with Crippen molar-refractivity contribution < 1.29 is 5.11 Å². The summed E-state index contributed by atoms with van der Waals surface area (Å²) in [6.45, 7) is 5.93. The van der Waals surface area contributed by atoms with Crippen molar-refractivity contribution in [2.75, 3.05) is 0 Å². The molecular formula is C17H16ClNO. The van der Waals surface area contributed by atoms with Crippen LogP contribution >= 0.6 is 11.6 Å². The van der Waals surface area contributed by atoms with E-state index in [4.69, 9.17) is 11.6 Å². The van der Waals surface area contributed by atoms with Crippen molar-refractivity contribution in [3.63, 3.8) is 0 Å². The van der Waals surface area contributed by atoms with Gasteiger partial charge in [0.25, 0.3) is 0 Å². The van der Waals surface area contributed by atoms with Crippen molar-refractivity contribution in [1.29, 1.82) is 0 Å². The molecule has 2 nitrogen and oxygen atoms in total. The number of fused-ring (bicyclic) bond motifs is 1. The number of hydrogen-bond donors (Lipinski definition) is 2. The second-order valence-electron chi connectivity index (χ2n) is 5.27. The van der Waals surface area contributed by atoms with Gasteiger partial charge in [0.05, 0.1) is 0 Å². The topological polar surface area (TPSA) is 36.0 Å². The molecule has 0 radical (unpaired) electrons. The molecule has 20 heavy (non-hydrogen) atoms. The Kier molecular flexibility index (Phi) is 2.98. The maximum Gasteiger partial charge on any atom is 0.121 e. The maximum atomic E-state index is 9.90. The molecule has 0 aliphatic carbocycles. The van der Waals surface area contributed by atoms with Gasteiger partial charge in [-0.1, -0.05) is 17.7 Å². The van der Waals surface area contributed by atoms with Crippen LogP contribution in [0.15, 0.2) is 30.3 Å². The number of halogens is 1. The van der Waals surface area contributed by atoms with Crippen LogP contribution in [0.5, 0.6) is 5.75 Å². The highest BCUT2D eigenvalue weighted by molar-refractivity contribution is 6.31. The fourth-order valence-corrected chi connectivity index (χ4v) is 2.87. The van der Waals surface area contributed by atoms with E-state index in [1.54, 1.807) is 0 Å². The minimum Gasteiger partial charge on any atom is -0.507 e. The average Bonchev–Trinajstić information content (AvgIpc) is 2.72. The van der Waals surface area contributed by atoms with Gasteiger partial charge in [0.2, 0.25) is 0 Å². The van der Waals surface area contributed by atoms with Crippen LogP contribution in [-0.4, -0.2) is 10.1 Å². The molecule has 0 saturated carbocycles. The summed E-state index contributed by atoms with van der Waals surface area (Å²) in [5.74, 6) is 0.366. The maximum absolute atomic E-state index is 9.90. The summed E-state index contributed by atoms with van der Waals surface area (Å²) in [5, 5.41) is 11.8. The van der Waals surface area contributed by atoms with E-state index in [0.29, 0.717) is 5.75 Å². The van der Waals surface area contributed by atoms with Crippen LogP contribution < -0.4 is 0 Å². The Morgan fingerprint density at radius 3 is 2.30 bits per heavy atom. The first-order valence-corrected chi connectivity index (χ1v) is 6.93. The van der Waals surface area contributed by atoms with Gasteiger partial charge in [0.15, 0.2) is 0 Å². The van der Waals surface area contributed by atoms with Crippen LogP contribution in [0.4, 0.5) is 0 Å². The summed E-state index contributed by atoms with van der Waals surface area (Å²) in [6, 6.07) is 9.88. The van der Waals surface area contributed by atoms with Gasteiger partial charge in [0, 0.05) is 21.6 Å². The summed E-state index contributed by atoms with van der Waals surface area (Å²) in [7, 11) is 0. The largest absolute Gasteiger partial charge is 0.507 e. The lowest BCUT2D eigenvalue weighted by molar-refractivity contribution is 0.467. The molecule has 0 aliphatic rings.